The first-order chi connectivity index (χ1) is 11.7. The molecule has 2 heterocycles. The van der Waals surface area contributed by atoms with Crippen LogP contribution in [0.1, 0.15) is 17.5 Å². The lowest BCUT2D eigenvalue weighted by atomic mass is 9.74. The van der Waals surface area contributed by atoms with E-state index in [0.717, 1.165) is 36.8 Å². The van der Waals surface area contributed by atoms with Crippen LogP contribution in [0.5, 0.6) is 0 Å². The second-order valence-corrected chi connectivity index (χ2v) is 6.61. The lowest BCUT2D eigenvalue weighted by Crippen LogP contribution is -2.31. The molecule has 0 bridgehead atoms. The van der Waals surface area contributed by atoms with Crippen LogP contribution in [-0.4, -0.2) is 28.9 Å². The van der Waals surface area contributed by atoms with E-state index in [1.807, 2.05) is 18.2 Å². The lowest BCUT2D eigenvalue weighted by molar-refractivity contribution is 0.197. The van der Waals surface area contributed by atoms with Gasteiger partial charge in [-0.15, -0.1) is 0 Å². The van der Waals surface area contributed by atoms with Crippen molar-refractivity contribution < 1.29 is 9.90 Å². The van der Waals surface area contributed by atoms with Gasteiger partial charge in [-0.25, -0.2) is 4.79 Å². The molecule has 4 rings (SSSR count). The van der Waals surface area contributed by atoms with Crippen molar-refractivity contribution in [3.63, 3.8) is 0 Å². The quantitative estimate of drug-likeness (QED) is 0.774. The number of nitrogens with one attached hydrogen (secondary N) is 1. The molecule has 1 aromatic heterocycles. The Kier molecular flexibility index (Phi) is 3.62. The van der Waals surface area contributed by atoms with Crippen molar-refractivity contribution in [1.82, 2.24) is 9.88 Å². The minimum Gasteiger partial charge on any atom is -0.464 e. The zero-order valence-electron chi connectivity index (χ0n) is 13.4. The van der Waals surface area contributed by atoms with Crippen LogP contribution in [0.4, 0.5) is 4.79 Å². The van der Waals surface area contributed by atoms with Crippen molar-refractivity contribution in [3.05, 3.63) is 71.9 Å². The molecule has 3 aromatic rings. The van der Waals surface area contributed by atoms with Crippen LogP contribution in [0.25, 0.3) is 10.9 Å². The molecule has 1 fully saturated rings. The van der Waals surface area contributed by atoms with Crippen LogP contribution in [0.3, 0.4) is 0 Å². The Morgan fingerprint density at radius 3 is 2.71 bits per heavy atom. The Balaban J connectivity index is 1.76. The van der Waals surface area contributed by atoms with Crippen molar-refractivity contribution in [2.75, 3.05) is 13.1 Å². The van der Waals surface area contributed by atoms with Gasteiger partial charge >= 0.3 is 6.09 Å². The second kappa shape index (κ2) is 5.80. The maximum Gasteiger partial charge on any atom is 0.415 e. The van der Waals surface area contributed by atoms with Crippen molar-refractivity contribution in [2.45, 2.75) is 18.3 Å². The predicted molar refractivity (Wildman–Crippen MR) is 94.7 cm³/mol. The Bertz CT molecular complexity index is 877. The molecule has 1 atom stereocenters. The maximum atomic E-state index is 11.3. The fraction of sp³-hybridized carbons (Fsp3) is 0.250. The van der Waals surface area contributed by atoms with Crippen LogP contribution in [0.2, 0.25) is 0 Å². The molecule has 0 saturated carbocycles. The minimum atomic E-state index is -0.945. The summed E-state index contributed by atoms with van der Waals surface area (Å²) in [6.45, 7) is 1.97. The van der Waals surface area contributed by atoms with E-state index in [2.05, 4.69) is 41.7 Å². The van der Waals surface area contributed by atoms with Gasteiger partial charge in [0.2, 0.25) is 0 Å². The van der Waals surface area contributed by atoms with Crippen molar-refractivity contribution >= 4 is 17.0 Å². The van der Waals surface area contributed by atoms with Gasteiger partial charge in [0.25, 0.3) is 0 Å². The van der Waals surface area contributed by atoms with E-state index < -0.39 is 6.09 Å². The van der Waals surface area contributed by atoms with Gasteiger partial charge < -0.3 is 10.4 Å². The largest absolute Gasteiger partial charge is 0.464 e. The molecule has 1 aliphatic rings. The smallest absolute Gasteiger partial charge is 0.415 e. The zero-order chi connectivity index (χ0) is 16.6. The number of hydrogen-bond acceptors (Lipinski definition) is 2. The number of fused-ring (bicyclic) bond motifs is 1. The zero-order valence-corrected chi connectivity index (χ0v) is 13.4. The fourth-order valence-corrected chi connectivity index (χ4v) is 3.87. The van der Waals surface area contributed by atoms with Gasteiger partial charge in [-0.1, -0.05) is 36.4 Å². The van der Waals surface area contributed by atoms with E-state index in [1.54, 1.807) is 6.20 Å². The number of carbonyl (C=O) groups is 1. The molecular formula is C20H20N2O2. The normalized spacial score (nSPS) is 20.5. The van der Waals surface area contributed by atoms with Crippen molar-refractivity contribution in [2.24, 2.45) is 0 Å². The molecule has 1 saturated heterocycles. The fourth-order valence-electron chi connectivity index (χ4n) is 3.87. The molecule has 0 aliphatic carbocycles. The van der Waals surface area contributed by atoms with Gasteiger partial charge in [-0.05, 0) is 48.7 Å². The van der Waals surface area contributed by atoms with E-state index in [4.69, 9.17) is 0 Å². The number of aromatic nitrogens is 1. The molecule has 122 valence electrons. The highest BCUT2D eigenvalue weighted by atomic mass is 16.4. The first-order valence-electron chi connectivity index (χ1n) is 8.28. The van der Waals surface area contributed by atoms with E-state index in [1.165, 1.54) is 15.7 Å². The molecule has 2 N–H and O–H groups in total. The summed E-state index contributed by atoms with van der Waals surface area (Å²) in [6, 6.07) is 18.6. The van der Waals surface area contributed by atoms with Crippen LogP contribution in [0.15, 0.2) is 60.8 Å². The molecule has 1 unspecified atom stereocenters. The number of hydrogen-bond donors (Lipinski definition) is 2. The summed E-state index contributed by atoms with van der Waals surface area (Å²) in [5, 5.41) is 13.7. The van der Waals surface area contributed by atoms with Crippen LogP contribution >= 0.6 is 0 Å². The summed E-state index contributed by atoms with van der Waals surface area (Å²) >= 11 is 0. The Morgan fingerprint density at radius 1 is 1.17 bits per heavy atom. The van der Waals surface area contributed by atoms with Gasteiger partial charge in [-0.3, -0.25) is 4.57 Å². The van der Waals surface area contributed by atoms with Gasteiger partial charge in [0, 0.05) is 23.5 Å². The number of rotatable bonds is 3. The van der Waals surface area contributed by atoms with Gasteiger partial charge in [-0.2, -0.15) is 0 Å². The Morgan fingerprint density at radius 2 is 2.00 bits per heavy atom. The molecule has 24 heavy (non-hydrogen) atoms. The molecule has 4 heteroatoms. The molecular weight excluding hydrogens is 300 g/mol. The Labute approximate surface area is 140 Å². The average Bonchev–Trinajstić information content (AvgIpc) is 3.22. The highest BCUT2D eigenvalue weighted by Crippen LogP contribution is 2.36. The summed E-state index contributed by atoms with van der Waals surface area (Å²) < 4.78 is 1.27. The summed E-state index contributed by atoms with van der Waals surface area (Å²) in [4.78, 5) is 11.3. The van der Waals surface area contributed by atoms with Crippen LogP contribution in [0, 0.1) is 0 Å². The van der Waals surface area contributed by atoms with Crippen molar-refractivity contribution in [1.29, 1.82) is 0 Å². The van der Waals surface area contributed by atoms with Crippen LogP contribution < -0.4 is 5.32 Å². The molecule has 0 radical (unpaired) electrons. The van der Waals surface area contributed by atoms with Gasteiger partial charge in [0.15, 0.2) is 0 Å². The third-order valence-corrected chi connectivity index (χ3v) is 5.14. The predicted octanol–water partition coefficient (Wildman–Crippen LogP) is 3.64. The molecule has 2 aromatic carbocycles. The van der Waals surface area contributed by atoms with Gasteiger partial charge in [0.1, 0.15) is 0 Å². The second-order valence-electron chi connectivity index (χ2n) is 6.61. The first kappa shape index (κ1) is 15.0. The molecule has 0 amide bonds. The van der Waals surface area contributed by atoms with Crippen molar-refractivity contribution in [3.8, 4) is 0 Å². The molecule has 4 nitrogen and oxygen atoms in total. The highest BCUT2D eigenvalue weighted by molar-refractivity contribution is 5.89. The summed E-state index contributed by atoms with van der Waals surface area (Å²) in [5.41, 5.74) is 3.43. The number of nitrogens with zero attached hydrogens (tertiary/aromatic N) is 1. The minimum absolute atomic E-state index is 0.0703. The van der Waals surface area contributed by atoms with E-state index >= 15 is 0 Å². The summed E-state index contributed by atoms with van der Waals surface area (Å²) in [6.07, 6.45) is 2.76. The number of benzene rings is 2. The SMILES string of the molecule is O=C(O)n1ccc2cc(C3(Cc4ccccc4)CCNC3)ccc21. The van der Waals surface area contributed by atoms with E-state index in [-0.39, 0.29) is 5.41 Å². The molecule has 1 aliphatic heterocycles. The molecule has 0 spiro atoms. The van der Waals surface area contributed by atoms with E-state index in [0.29, 0.717) is 0 Å². The Hall–Kier alpha value is -2.59. The first-order valence-corrected chi connectivity index (χ1v) is 8.28. The van der Waals surface area contributed by atoms with Crippen LogP contribution in [-0.2, 0) is 11.8 Å². The third kappa shape index (κ3) is 2.49. The third-order valence-electron chi connectivity index (χ3n) is 5.14. The summed E-state index contributed by atoms with van der Waals surface area (Å²) in [7, 11) is 0. The average molecular weight is 320 g/mol. The van der Waals surface area contributed by atoms with Gasteiger partial charge in [0.05, 0.1) is 5.52 Å². The summed E-state index contributed by atoms with van der Waals surface area (Å²) in [5.74, 6) is 0. The standard InChI is InChI=1S/C20H20N2O2/c23-19(24)22-11-8-16-12-17(6-7-18(16)22)20(9-10-21-14-20)13-15-4-2-1-3-5-15/h1-8,11-12,21H,9-10,13-14H2,(H,23,24). The number of carboxylic acid groups (broad SMARTS) is 1. The highest BCUT2D eigenvalue weighted by Gasteiger charge is 2.35. The topological polar surface area (TPSA) is 54.3 Å². The lowest BCUT2D eigenvalue weighted by Gasteiger charge is -2.29. The maximum absolute atomic E-state index is 11.3. The van der Waals surface area contributed by atoms with E-state index in [9.17, 15) is 9.90 Å². The monoisotopic (exact) mass is 320 g/mol.